The Bertz CT molecular complexity index is 81.1. The van der Waals surface area contributed by atoms with Crippen LogP contribution >= 0.6 is 0 Å². The van der Waals surface area contributed by atoms with Gasteiger partial charge in [0.25, 0.3) is 0 Å². The molecule has 0 aliphatic heterocycles. The van der Waals surface area contributed by atoms with E-state index in [0.29, 0.717) is 0 Å². The van der Waals surface area contributed by atoms with Gasteiger partial charge in [-0.1, -0.05) is 13.8 Å². The van der Waals surface area contributed by atoms with Gasteiger partial charge in [-0.3, -0.25) is 0 Å². The molecule has 0 atom stereocenters. The van der Waals surface area contributed by atoms with Crippen LogP contribution in [0.3, 0.4) is 0 Å². The molecule has 0 unspecified atom stereocenters. The molecule has 1 amide bonds. The first kappa shape index (κ1) is 12.2. The van der Waals surface area contributed by atoms with Crippen molar-refractivity contribution in [3.8, 4) is 0 Å². The molecule has 0 saturated carbocycles. The van der Waals surface area contributed by atoms with Crippen LogP contribution in [0, 0.1) is 5.92 Å². The Balaban J connectivity index is 0. The summed E-state index contributed by atoms with van der Waals surface area (Å²) in [5, 5.41) is 0. The van der Waals surface area contributed by atoms with Gasteiger partial charge in [0.05, 0.1) is 5.91 Å². The summed E-state index contributed by atoms with van der Waals surface area (Å²) in [5.41, 5.74) is 6.70. The second kappa shape index (κ2) is 6.59. The van der Waals surface area contributed by atoms with Crippen LogP contribution in [0.5, 0.6) is 0 Å². The van der Waals surface area contributed by atoms with Gasteiger partial charge in [-0.15, -0.1) is 0 Å². The standard InChI is InChI=1S/C6H13NO.Na/c1-3-5(4-2)6(7)8;/h5H,3-4H2,1-2H3,(H2,7,8);/q;+1/p-1. The molecule has 0 radical (unpaired) electrons. The number of hydrogen-bond donors (Lipinski definition) is 0. The Morgan fingerprint density at radius 1 is 1.44 bits per heavy atom. The van der Waals surface area contributed by atoms with E-state index < -0.39 is 5.91 Å². The molecule has 1 N–H and O–H groups in total. The first-order valence-corrected chi connectivity index (χ1v) is 2.97. The summed E-state index contributed by atoms with van der Waals surface area (Å²) >= 11 is 0. The molecule has 0 aromatic heterocycles. The molecular formula is C6H12NNaO. The minimum Gasteiger partial charge on any atom is -0.668 e. The van der Waals surface area contributed by atoms with E-state index in [-0.39, 0.29) is 35.5 Å². The van der Waals surface area contributed by atoms with Gasteiger partial charge in [0.2, 0.25) is 0 Å². The molecule has 9 heavy (non-hydrogen) atoms. The zero-order valence-electron chi connectivity index (χ0n) is 6.40. The molecule has 0 aromatic rings. The summed E-state index contributed by atoms with van der Waals surface area (Å²) in [6.07, 6.45) is 1.61. The van der Waals surface area contributed by atoms with Crippen molar-refractivity contribution in [3.05, 3.63) is 5.73 Å². The Labute approximate surface area is 78.5 Å². The molecule has 0 heterocycles. The van der Waals surface area contributed by atoms with Crippen LogP contribution in [-0.4, -0.2) is 5.91 Å². The van der Waals surface area contributed by atoms with Crippen LogP contribution in [0.2, 0.25) is 0 Å². The third kappa shape index (κ3) is 4.94. The summed E-state index contributed by atoms with van der Waals surface area (Å²) in [6, 6.07) is 0. The second-order valence-corrected chi connectivity index (χ2v) is 1.88. The van der Waals surface area contributed by atoms with Gasteiger partial charge in [-0.05, 0) is 18.8 Å². The summed E-state index contributed by atoms with van der Waals surface area (Å²) in [7, 11) is 0. The minimum atomic E-state index is -0.421. The first-order chi connectivity index (χ1) is 3.72. The van der Waals surface area contributed by atoms with Crippen molar-refractivity contribution in [2.45, 2.75) is 26.7 Å². The quantitative estimate of drug-likeness (QED) is 0.460. The van der Waals surface area contributed by atoms with E-state index in [1.54, 1.807) is 0 Å². The normalized spacial score (nSPS) is 8.78. The Morgan fingerprint density at radius 3 is 1.78 bits per heavy atom. The van der Waals surface area contributed by atoms with Crippen LogP contribution in [-0.2, 0) is 4.79 Å². The van der Waals surface area contributed by atoms with Crippen LogP contribution < -0.4 is 29.6 Å². The average Bonchev–Trinajstić information content (AvgIpc) is 1.69. The molecule has 0 rings (SSSR count). The number of amides is 1. The third-order valence-electron chi connectivity index (χ3n) is 1.36. The maximum Gasteiger partial charge on any atom is 1.00 e. The van der Waals surface area contributed by atoms with Gasteiger partial charge in [0.1, 0.15) is 0 Å². The molecule has 0 spiro atoms. The van der Waals surface area contributed by atoms with Crippen molar-refractivity contribution < 1.29 is 34.4 Å². The molecule has 48 valence electrons. The summed E-state index contributed by atoms with van der Waals surface area (Å²) in [4.78, 5) is 10.3. The predicted molar refractivity (Wildman–Crippen MR) is 33.4 cm³/mol. The summed E-state index contributed by atoms with van der Waals surface area (Å²) in [6.45, 7) is 3.86. The Hall–Kier alpha value is 0.470. The SMILES string of the molecule is CCC(CC)C([NH-])=O.[Na+]. The monoisotopic (exact) mass is 137 g/mol. The van der Waals surface area contributed by atoms with Gasteiger partial charge in [-0.25, -0.2) is 0 Å². The van der Waals surface area contributed by atoms with Crippen LogP contribution in [0.1, 0.15) is 26.7 Å². The zero-order chi connectivity index (χ0) is 6.57. The maximum absolute atomic E-state index is 10.3. The van der Waals surface area contributed by atoms with Crippen molar-refractivity contribution >= 4 is 5.91 Å². The molecule has 0 saturated heterocycles. The molecule has 3 heteroatoms. The van der Waals surface area contributed by atoms with E-state index in [0.717, 1.165) is 12.8 Å². The molecular weight excluding hydrogens is 125 g/mol. The van der Waals surface area contributed by atoms with Gasteiger partial charge in [-0.2, -0.15) is 0 Å². The van der Waals surface area contributed by atoms with Gasteiger partial charge in [0, 0.05) is 0 Å². The van der Waals surface area contributed by atoms with Crippen molar-refractivity contribution in [2.75, 3.05) is 0 Å². The number of carbonyl (C=O) groups is 1. The number of hydrogen-bond acceptors (Lipinski definition) is 1. The summed E-state index contributed by atoms with van der Waals surface area (Å²) in [5.74, 6) is -0.440. The maximum atomic E-state index is 10.3. The third-order valence-corrected chi connectivity index (χ3v) is 1.36. The van der Waals surface area contributed by atoms with Gasteiger partial charge >= 0.3 is 29.6 Å². The van der Waals surface area contributed by atoms with Gasteiger partial charge < -0.3 is 10.5 Å². The molecule has 0 aromatic carbocycles. The Kier molecular flexibility index (Phi) is 8.91. The number of carbonyl (C=O) groups excluding carboxylic acids is 1. The minimum absolute atomic E-state index is 0. The first-order valence-electron chi connectivity index (χ1n) is 2.97. The van der Waals surface area contributed by atoms with E-state index in [1.165, 1.54) is 0 Å². The van der Waals surface area contributed by atoms with Crippen molar-refractivity contribution in [1.82, 2.24) is 0 Å². The van der Waals surface area contributed by atoms with Crippen molar-refractivity contribution in [3.63, 3.8) is 0 Å². The van der Waals surface area contributed by atoms with Gasteiger partial charge in [0.15, 0.2) is 0 Å². The number of nitrogens with one attached hydrogen (secondary N) is 1. The van der Waals surface area contributed by atoms with E-state index in [9.17, 15) is 4.79 Å². The zero-order valence-corrected chi connectivity index (χ0v) is 8.40. The number of rotatable bonds is 3. The topological polar surface area (TPSA) is 40.9 Å². The molecule has 0 bridgehead atoms. The molecule has 2 nitrogen and oxygen atoms in total. The molecule has 0 aliphatic carbocycles. The smallest absolute Gasteiger partial charge is 0.668 e. The molecule has 0 fully saturated rings. The van der Waals surface area contributed by atoms with Crippen LogP contribution in [0.15, 0.2) is 0 Å². The van der Waals surface area contributed by atoms with E-state index in [2.05, 4.69) is 0 Å². The van der Waals surface area contributed by atoms with Crippen LogP contribution in [0.4, 0.5) is 0 Å². The fraction of sp³-hybridized carbons (Fsp3) is 0.833. The van der Waals surface area contributed by atoms with Crippen molar-refractivity contribution in [2.24, 2.45) is 5.92 Å². The second-order valence-electron chi connectivity index (χ2n) is 1.88. The summed E-state index contributed by atoms with van der Waals surface area (Å²) < 4.78 is 0. The molecule has 0 aliphatic rings. The van der Waals surface area contributed by atoms with Crippen LogP contribution in [0.25, 0.3) is 5.73 Å². The predicted octanol–water partition coefficient (Wildman–Crippen LogP) is -0.995. The van der Waals surface area contributed by atoms with E-state index >= 15 is 0 Å². The van der Waals surface area contributed by atoms with E-state index in [4.69, 9.17) is 5.73 Å². The largest absolute Gasteiger partial charge is 1.00 e. The fourth-order valence-electron chi connectivity index (χ4n) is 0.659. The van der Waals surface area contributed by atoms with Crippen molar-refractivity contribution in [1.29, 1.82) is 0 Å². The Morgan fingerprint density at radius 2 is 1.78 bits per heavy atom. The fourth-order valence-corrected chi connectivity index (χ4v) is 0.659. The van der Waals surface area contributed by atoms with E-state index in [1.807, 2.05) is 13.8 Å². The average molecular weight is 137 g/mol.